The average molecular weight is 396 g/mol. The Labute approximate surface area is 169 Å². The van der Waals surface area contributed by atoms with Gasteiger partial charge < -0.3 is 14.5 Å². The van der Waals surface area contributed by atoms with Crippen molar-refractivity contribution in [3.8, 4) is 11.6 Å². The number of anilines is 1. The summed E-state index contributed by atoms with van der Waals surface area (Å²) in [7, 11) is 0. The van der Waals surface area contributed by atoms with Crippen molar-refractivity contribution in [1.29, 1.82) is 0 Å². The summed E-state index contributed by atoms with van der Waals surface area (Å²) in [5, 5.41) is 0. The second-order valence-corrected chi connectivity index (χ2v) is 8.33. The normalized spacial score (nSPS) is 23.1. The van der Waals surface area contributed by atoms with Crippen LogP contribution in [0.15, 0.2) is 24.3 Å². The minimum Gasteiger partial charge on any atom is -0.438 e. The van der Waals surface area contributed by atoms with Crippen LogP contribution in [0.3, 0.4) is 0 Å². The van der Waals surface area contributed by atoms with Crippen molar-refractivity contribution < 1.29 is 13.9 Å². The van der Waals surface area contributed by atoms with Crippen molar-refractivity contribution in [3.63, 3.8) is 0 Å². The van der Waals surface area contributed by atoms with Crippen LogP contribution in [0, 0.1) is 17.7 Å². The van der Waals surface area contributed by atoms with Gasteiger partial charge in [0.2, 0.25) is 17.7 Å². The Hall–Kier alpha value is -2.70. The molecule has 1 saturated heterocycles. The van der Waals surface area contributed by atoms with Gasteiger partial charge in [0.1, 0.15) is 11.6 Å². The molecular weight excluding hydrogens is 371 g/mol. The number of rotatable bonds is 4. The van der Waals surface area contributed by atoms with E-state index in [1.54, 1.807) is 12.1 Å². The van der Waals surface area contributed by atoms with Gasteiger partial charge in [-0.1, -0.05) is 6.92 Å². The second-order valence-electron chi connectivity index (χ2n) is 8.33. The number of halogens is 1. The van der Waals surface area contributed by atoms with E-state index >= 15 is 0 Å². The summed E-state index contributed by atoms with van der Waals surface area (Å²) in [5.41, 5.74) is 1.82. The Kier molecular flexibility index (Phi) is 4.60. The van der Waals surface area contributed by atoms with E-state index in [0.29, 0.717) is 43.0 Å². The number of hydrogen-bond donors (Lipinski definition) is 0. The summed E-state index contributed by atoms with van der Waals surface area (Å²) in [4.78, 5) is 26.4. The summed E-state index contributed by atoms with van der Waals surface area (Å²) in [6, 6.07) is 5.93. The lowest BCUT2D eigenvalue weighted by Crippen LogP contribution is -2.38. The van der Waals surface area contributed by atoms with Gasteiger partial charge in [-0.2, -0.15) is 4.98 Å². The molecule has 7 heteroatoms. The van der Waals surface area contributed by atoms with E-state index in [9.17, 15) is 9.18 Å². The molecule has 152 valence electrons. The van der Waals surface area contributed by atoms with E-state index in [1.165, 1.54) is 12.1 Å². The summed E-state index contributed by atoms with van der Waals surface area (Å²) in [6.45, 7) is 5.16. The smallest absolute Gasteiger partial charge is 0.229 e. The largest absolute Gasteiger partial charge is 0.438 e. The molecule has 1 aliphatic carbocycles. The second kappa shape index (κ2) is 7.28. The number of aromatic nitrogens is 2. The van der Waals surface area contributed by atoms with E-state index in [2.05, 4.69) is 11.8 Å². The molecule has 1 aromatic heterocycles. The van der Waals surface area contributed by atoms with Crippen molar-refractivity contribution in [3.05, 3.63) is 41.3 Å². The van der Waals surface area contributed by atoms with Crippen molar-refractivity contribution in [1.82, 2.24) is 14.9 Å². The van der Waals surface area contributed by atoms with Crippen molar-refractivity contribution in [2.24, 2.45) is 11.8 Å². The van der Waals surface area contributed by atoms with Crippen molar-refractivity contribution in [2.45, 2.75) is 39.2 Å². The first-order valence-electron chi connectivity index (χ1n) is 10.5. The van der Waals surface area contributed by atoms with E-state index < -0.39 is 0 Å². The summed E-state index contributed by atoms with van der Waals surface area (Å²) in [6.07, 6.45) is 3.95. The fourth-order valence-corrected chi connectivity index (χ4v) is 4.22. The molecule has 2 fully saturated rings. The van der Waals surface area contributed by atoms with Crippen LogP contribution in [0.25, 0.3) is 0 Å². The molecule has 0 spiro atoms. The van der Waals surface area contributed by atoms with Gasteiger partial charge in [-0.3, -0.25) is 4.79 Å². The standard InChI is InChI=1S/C22H25FN4O2/c1-14-12-17(14)21(28)27-11-8-19-18(13-27)20(29-16-6-4-15(23)5-7-16)25-22(24-19)26-9-2-3-10-26/h4-7,14,17H,2-3,8-13H2,1H3/t14-,17+/m0/s1. The molecule has 6 nitrogen and oxygen atoms in total. The Morgan fingerprint density at radius 3 is 2.55 bits per heavy atom. The fourth-order valence-electron chi connectivity index (χ4n) is 4.22. The number of carbonyl (C=O) groups is 1. The minimum atomic E-state index is -0.310. The topological polar surface area (TPSA) is 58.6 Å². The Bertz CT molecular complexity index is 927. The Morgan fingerprint density at radius 1 is 1.14 bits per heavy atom. The highest BCUT2D eigenvalue weighted by Crippen LogP contribution is 2.41. The molecule has 0 bridgehead atoms. The number of ether oxygens (including phenoxy) is 1. The maximum absolute atomic E-state index is 13.3. The number of hydrogen-bond acceptors (Lipinski definition) is 5. The lowest BCUT2D eigenvalue weighted by molar-refractivity contribution is -0.133. The fraction of sp³-hybridized carbons (Fsp3) is 0.500. The van der Waals surface area contributed by atoms with Gasteiger partial charge in [0.25, 0.3) is 0 Å². The van der Waals surface area contributed by atoms with Crippen LogP contribution in [0.2, 0.25) is 0 Å². The number of nitrogens with zero attached hydrogens (tertiary/aromatic N) is 4. The number of carbonyl (C=O) groups excluding carboxylic acids is 1. The molecule has 3 aliphatic rings. The van der Waals surface area contributed by atoms with Gasteiger partial charge in [0, 0.05) is 32.0 Å². The van der Waals surface area contributed by atoms with E-state index in [0.717, 1.165) is 43.6 Å². The van der Waals surface area contributed by atoms with Gasteiger partial charge in [-0.05, 0) is 49.4 Å². The van der Waals surface area contributed by atoms with Gasteiger partial charge in [0.15, 0.2) is 0 Å². The zero-order valence-electron chi connectivity index (χ0n) is 16.6. The molecule has 3 heterocycles. The Balaban J connectivity index is 1.47. The molecule has 5 rings (SSSR count). The van der Waals surface area contributed by atoms with Gasteiger partial charge in [-0.15, -0.1) is 0 Å². The van der Waals surface area contributed by atoms with Gasteiger partial charge in [-0.25, -0.2) is 9.37 Å². The highest BCUT2D eigenvalue weighted by atomic mass is 19.1. The van der Waals surface area contributed by atoms with Crippen LogP contribution < -0.4 is 9.64 Å². The lowest BCUT2D eigenvalue weighted by Gasteiger charge is -2.30. The zero-order valence-corrected chi connectivity index (χ0v) is 16.6. The van der Waals surface area contributed by atoms with Crippen LogP contribution in [0.1, 0.15) is 37.4 Å². The zero-order chi connectivity index (χ0) is 20.0. The number of benzene rings is 1. The van der Waals surface area contributed by atoms with Crippen molar-refractivity contribution in [2.75, 3.05) is 24.5 Å². The molecule has 0 radical (unpaired) electrons. The third-order valence-electron chi connectivity index (χ3n) is 6.17. The lowest BCUT2D eigenvalue weighted by atomic mass is 10.1. The van der Waals surface area contributed by atoms with Crippen molar-refractivity contribution >= 4 is 11.9 Å². The first kappa shape index (κ1) is 18.3. The summed E-state index contributed by atoms with van der Waals surface area (Å²) in [5.74, 6) is 2.24. The average Bonchev–Trinajstić information content (AvgIpc) is 3.22. The molecular formula is C22H25FN4O2. The summed E-state index contributed by atoms with van der Waals surface area (Å²) < 4.78 is 19.4. The molecule has 2 aromatic rings. The van der Waals surface area contributed by atoms with Crippen LogP contribution in [-0.4, -0.2) is 40.4 Å². The molecule has 0 unspecified atom stereocenters. The SMILES string of the molecule is C[C@H]1C[C@H]1C(=O)N1CCc2nc(N3CCCC3)nc(Oc3ccc(F)cc3)c2C1. The van der Waals surface area contributed by atoms with Crippen LogP contribution in [0.4, 0.5) is 10.3 Å². The maximum atomic E-state index is 13.3. The monoisotopic (exact) mass is 396 g/mol. The predicted molar refractivity (Wildman–Crippen MR) is 106 cm³/mol. The molecule has 29 heavy (non-hydrogen) atoms. The minimum absolute atomic E-state index is 0.155. The molecule has 2 atom stereocenters. The molecule has 2 aliphatic heterocycles. The highest BCUT2D eigenvalue weighted by molar-refractivity contribution is 5.82. The maximum Gasteiger partial charge on any atom is 0.229 e. The molecule has 1 amide bonds. The van der Waals surface area contributed by atoms with Gasteiger partial charge in [0.05, 0.1) is 17.8 Å². The predicted octanol–water partition coefficient (Wildman–Crippen LogP) is 3.55. The third-order valence-corrected chi connectivity index (χ3v) is 6.17. The molecule has 0 N–H and O–H groups in total. The van der Waals surface area contributed by atoms with Crippen LogP contribution >= 0.6 is 0 Å². The molecule has 1 saturated carbocycles. The van der Waals surface area contributed by atoms with E-state index in [-0.39, 0.29) is 17.6 Å². The van der Waals surface area contributed by atoms with Crippen LogP contribution in [0.5, 0.6) is 11.6 Å². The van der Waals surface area contributed by atoms with Crippen LogP contribution in [-0.2, 0) is 17.8 Å². The van der Waals surface area contributed by atoms with E-state index in [1.807, 2.05) is 4.90 Å². The third kappa shape index (κ3) is 3.66. The number of amides is 1. The quantitative estimate of drug-likeness (QED) is 0.791. The summed E-state index contributed by atoms with van der Waals surface area (Å²) >= 11 is 0. The molecule has 1 aromatic carbocycles. The first-order valence-corrected chi connectivity index (χ1v) is 10.5. The van der Waals surface area contributed by atoms with Gasteiger partial charge >= 0.3 is 0 Å². The number of fused-ring (bicyclic) bond motifs is 1. The highest BCUT2D eigenvalue weighted by Gasteiger charge is 2.42. The van der Waals surface area contributed by atoms with E-state index in [4.69, 9.17) is 14.7 Å². The Morgan fingerprint density at radius 2 is 1.86 bits per heavy atom. The first-order chi connectivity index (χ1) is 14.1.